The minimum Gasteiger partial charge on any atom is -0.347 e. The van der Waals surface area contributed by atoms with Crippen molar-refractivity contribution in [1.29, 1.82) is 0 Å². The lowest BCUT2D eigenvalue weighted by molar-refractivity contribution is -0.123. The Bertz CT molecular complexity index is 300. The summed E-state index contributed by atoms with van der Waals surface area (Å²) < 4.78 is 13.7. The van der Waals surface area contributed by atoms with Crippen molar-refractivity contribution >= 4 is 17.5 Å². The number of rotatable bonds is 3. The van der Waals surface area contributed by atoms with Gasteiger partial charge in [0.1, 0.15) is 0 Å². The Hall–Kier alpha value is -1.10. The number of nitrogens with zero attached hydrogens (tertiary/aromatic N) is 2. The number of aromatic nitrogens is 2. The van der Waals surface area contributed by atoms with Crippen LogP contribution in [-0.4, -0.2) is 21.3 Å². The minimum atomic E-state index is -2.00. The molecule has 1 atom stereocenters. The Balaban J connectivity index is 2.39. The van der Waals surface area contributed by atoms with Gasteiger partial charge in [-0.25, -0.2) is 4.39 Å². The van der Waals surface area contributed by atoms with Crippen molar-refractivity contribution in [2.24, 2.45) is 7.05 Å². The second kappa shape index (κ2) is 4.23. The maximum Gasteiger partial charge on any atom is 0.270 e. The second-order valence-electron chi connectivity index (χ2n) is 2.50. The van der Waals surface area contributed by atoms with Crippen LogP contribution in [0.2, 0.25) is 0 Å². The summed E-state index contributed by atoms with van der Waals surface area (Å²) in [5, 5.41) is 6.27. The number of alkyl halides is 2. The Morgan fingerprint density at radius 3 is 3.08 bits per heavy atom. The van der Waals surface area contributed by atoms with Crippen LogP contribution in [-0.2, 0) is 18.4 Å². The van der Waals surface area contributed by atoms with Crippen molar-refractivity contribution in [2.75, 3.05) is 0 Å². The average molecular weight is 206 g/mol. The molecule has 1 aromatic rings. The zero-order chi connectivity index (χ0) is 9.84. The van der Waals surface area contributed by atoms with E-state index in [4.69, 9.17) is 11.6 Å². The van der Waals surface area contributed by atoms with Gasteiger partial charge in [0.2, 0.25) is 0 Å². The molecule has 13 heavy (non-hydrogen) atoms. The fourth-order valence-corrected chi connectivity index (χ4v) is 0.889. The standard InChI is InChI=1S/C7H9ClFN3O/c1-12-3-2-5(11-12)4-10-7(13)6(8)9/h2-3,6H,4H2,1H3,(H,10,13). The molecule has 1 unspecified atom stereocenters. The summed E-state index contributed by atoms with van der Waals surface area (Å²) in [5.41, 5.74) is -1.34. The van der Waals surface area contributed by atoms with Crippen molar-refractivity contribution in [1.82, 2.24) is 15.1 Å². The van der Waals surface area contributed by atoms with E-state index in [1.165, 1.54) is 0 Å². The van der Waals surface area contributed by atoms with Gasteiger partial charge >= 0.3 is 0 Å². The molecule has 1 rings (SSSR count). The van der Waals surface area contributed by atoms with Crippen LogP contribution < -0.4 is 5.32 Å². The van der Waals surface area contributed by atoms with Crippen LogP contribution >= 0.6 is 11.6 Å². The fraction of sp³-hybridized carbons (Fsp3) is 0.429. The fourth-order valence-electron chi connectivity index (χ4n) is 0.812. The van der Waals surface area contributed by atoms with Crippen molar-refractivity contribution < 1.29 is 9.18 Å². The first-order valence-electron chi connectivity index (χ1n) is 3.64. The molecule has 0 aromatic carbocycles. The summed E-state index contributed by atoms with van der Waals surface area (Å²) in [6, 6.07) is 1.72. The number of aryl methyl sites for hydroxylation is 1. The summed E-state index contributed by atoms with van der Waals surface area (Å²) in [4.78, 5) is 10.7. The molecule has 1 N–H and O–H groups in total. The predicted octanol–water partition coefficient (Wildman–Crippen LogP) is 0.571. The van der Waals surface area contributed by atoms with Gasteiger partial charge in [-0.1, -0.05) is 11.6 Å². The Morgan fingerprint density at radius 2 is 2.62 bits per heavy atom. The van der Waals surface area contributed by atoms with E-state index in [0.29, 0.717) is 5.69 Å². The number of carbonyl (C=O) groups excluding carboxylic acids is 1. The number of hydrogen-bond donors (Lipinski definition) is 1. The Kier molecular flexibility index (Phi) is 3.25. The first-order valence-corrected chi connectivity index (χ1v) is 4.07. The SMILES string of the molecule is Cn1ccc(CNC(=O)C(F)Cl)n1. The van der Waals surface area contributed by atoms with Crippen molar-refractivity contribution in [3.8, 4) is 0 Å². The highest BCUT2D eigenvalue weighted by Crippen LogP contribution is 1.98. The minimum absolute atomic E-state index is 0.187. The lowest BCUT2D eigenvalue weighted by Crippen LogP contribution is -2.28. The molecule has 1 heterocycles. The van der Waals surface area contributed by atoms with E-state index in [0.717, 1.165) is 0 Å². The van der Waals surface area contributed by atoms with Crippen LogP contribution in [0.5, 0.6) is 0 Å². The molecule has 1 amide bonds. The summed E-state index contributed by atoms with van der Waals surface area (Å²) in [7, 11) is 1.75. The maximum absolute atomic E-state index is 12.1. The zero-order valence-electron chi connectivity index (χ0n) is 7.00. The van der Waals surface area contributed by atoms with Gasteiger partial charge in [0.25, 0.3) is 11.5 Å². The molecule has 0 saturated carbocycles. The molecular formula is C7H9ClFN3O. The van der Waals surface area contributed by atoms with Crippen LogP contribution in [0.1, 0.15) is 5.69 Å². The van der Waals surface area contributed by atoms with Crippen molar-refractivity contribution in [2.45, 2.75) is 12.2 Å². The van der Waals surface area contributed by atoms with Crippen LogP contribution in [0, 0.1) is 0 Å². The zero-order valence-corrected chi connectivity index (χ0v) is 7.75. The van der Waals surface area contributed by atoms with Crippen LogP contribution in [0.25, 0.3) is 0 Å². The average Bonchev–Trinajstić information content (AvgIpc) is 2.47. The molecular weight excluding hydrogens is 197 g/mol. The molecule has 0 fully saturated rings. The highest BCUT2D eigenvalue weighted by atomic mass is 35.5. The molecule has 1 aromatic heterocycles. The van der Waals surface area contributed by atoms with E-state index in [2.05, 4.69) is 10.4 Å². The first-order chi connectivity index (χ1) is 6.09. The van der Waals surface area contributed by atoms with Gasteiger partial charge in [0, 0.05) is 13.2 Å². The molecule has 0 aliphatic carbocycles. The molecule has 0 aliphatic rings. The summed E-state index contributed by atoms with van der Waals surface area (Å²) in [5.74, 6) is -0.840. The number of hydrogen-bond acceptors (Lipinski definition) is 2. The van der Waals surface area contributed by atoms with Crippen LogP contribution in [0.3, 0.4) is 0 Å². The summed E-state index contributed by atoms with van der Waals surface area (Å²) in [6.45, 7) is 0.187. The molecule has 4 nitrogen and oxygen atoms in total. The van der Waals surface area contributed by atoms with Gasteiger partial charge in [-0.2, -0.15) is 5.10 Å². The van der Waals surface area contributed by atoms with E-state index < -0.39 is 11.5 Å². The lowest BCUT2D eigenvalue weighted by Gasteiger charge is -2.01. The second-order valence-corrected chi connectivity index (χ2v) is 2.88. The largest absolute Gasteiger partial charge is 0.347 e. The molecule has 72 valence electrons. The number of carbonyl (C=O) groups is 1. The number of amides is 1. The van der Waals surface area contributed by atoms with Gasteiger partial charge in [-0.05, 0) is 6.07 Å². The molecule has 0 spiro atoms. The third-order valence-corrected chi connectivity index (χ3v) is 1.61. The topological polar surface area (TPSA) is 46.9 Å². The lowest BCUT2D eigenvalue weighted by atomic mass is 10.4. The van der Waals surface area contributed by atoms with Crippen LogP contribution in [0.15, 0.2) is 12.3 Å². The quantitative estimate of drug-likeness (QED) is 0.734. The van der Waals surface area contributed by atoms with E-state index >= 15 is 0 Å². The molecule has 0 aliphatic heterocycles. The summed E-state index contributed by atoms with van der Waals surface area (Å²) >= 11 is 4.90. The maximum atomic E-state index is 12.1. The highest BCUT2D eigenvalue weighted by Gasteiger charge is 2.12. The number of halogens is 2. The van der Waals surface area contributed by atoms with Gasteiger partial charge < -0.3 is 5.32 Å². The summed E-state index contributed by atoms with van der Waals surface area (Å²) in [6.07, 6.45) is 1.73. The normalized spacial score (nSPS) is 12.5. The third-order valence-electron chi connectivity index (χ3n) is 1.41. The van der Waals surface area contributed by atoms with Gasteiger partial charge in [-0.15, -0.1) is 0 Å². The Labute approximate surface area is 79.7 Å². The molecule has 0 saturated heterocycles. The third kappa shape index (κ3) is 3.02. The molecule has 0 radical (unpaired) electrons. The van der Waals surface area contributed by atoms with E-state index in [9.17, 15) is 9.18 Å². The van der Waals surface area contributed by atoms with Crippen LogP contribution in [0.4, 0.5) is 4.39 Å². The van der Waals surface area contributed by atoms with E-state index in [-0.39, 0.29) is 6.54 Å². The molecule has 6 heteroatoms. The predicted molar refractivity (Wildman–Crippen MR) is 45.8 cm³/mol. The van der Waals surface area contributed by atoms with Crippen molar-refractivity contribution in [3.05, 3.63) is 18.0 Å². The van der Waals surface area contributed by atoms with E-state index in [1.807, 2.05) is 0 Å². The number of nitrogens with one attached hydrogen (secondary N) is 1. The van der Waals surface area contributed by atoms with Gasteiger partial charge in [0.15, 0.2) is 0 Å². The van der Waals surface area contributed by atoms with E-state index in [1.54, 1.807) is 24.0 Å². The monoisotopic (exact) mass is 205 g/mol. The smallest absolute Gasteiger partial charge is 0.270 e. The first kappa shape index (κ1) is 9.98. The van der Waals surface area contributed by atoms with Crippen molar-refractivity contribution in [3.63, 3.8) is 0 Å². The van der Waals surface area contributed by atoms with Gasteiger partial charge in [0.05, 0.1) is 12.2 Å². The Morgan fingerprint density at radius 1 is 1.92 bits per heavy atom. The highest BCUT2D eigenvalue weighted by molar-refractivity contribution is 6.29. The van der Waals surface area contributed by atoms with Gasteiger partial charge in [-0.3, -0.25) is 9.48 Å². The molecule has 0 bridgehead atoms.